The van der Waals surface area contributed by atoms with Crippen LogP contribution in [0.2, 0.25) is 0 Å². The van der Waals surface area contributed by atoms with Gasteiger partial charge in [0.1, 0.15) is 6.54 Å². The average molecular weight is 471 g/mol. The van der Waals surface area contributed by atoms with Crippen LogP contribution in [0, 0.1) is 12.8 Å². The second-order valence-corrected chi connectivity index (χ2v) is 10.5. The summed E-state index contributed by atoms with van der Waals surface area (Å²) in [5.41, 5.74) is 1.95. The molecule has 0 amide bonds. The Balaban J connectivity index is 1.30. The minimum atomic E-state index is -1.81. The fraction of sp³-hybridized carbons (Fsp3) is 0.387. The molecule has 0 aromatic heterocycles. The summed E-state index contributed by atoms with van der Waals surface area (Å²) in [5.74, 6) is -0.182. The molecule has 35 heavy (non-hydrogen) atoms. The maximum Gasteiger partial charge on any atom is 0.348 e. The van der Waals surface area contributed by atoms with Crippen LogP contribution in [0.15, 0.2) is 84.9 Å². The zero-order valence-electron chi connectivity index (χ0n) is 20.6. The number of carbonyl (C=O) groups is 1. The predicted octanol–water partition coefficient (Wildman–Crippen LogP) is 5.02. The molecule has 3 aromatic rings. The number of rotatable bonds is 8. The predicted molar refractivity (Wildman–Crippen MR) is 138 cm³/mol. The highest BCUT2D eigenvalue weighted by Crippen LogP contribution is 2.38. The molecule has 3 aliphatic rings. The lowest BCUT2D eigenvalue weighted by atomic mass is 9.82. The molecular formula is C31H36NO3+. The largest absolute Gasteiger partial charge is 0.453 e. The molecule has 3 aliphatic heterocycles. The first-order chi connectivity index (χ1) is 17.0. The molecule has 3 aromatic carbocycles. The number of fused-ring (bicyclic) bond motifs is 3. The lowest BCUT2D eigenvalue weighted by Crippen LogP contribution is -2.65. The van der Waals surface area contributed by atoms with Crippen molar-refractivity contribution in [1.29, 1.82) is 0 Å². The number of benzene rings is 3. The topological polar surface area (TPSA) is 46.5 Å². The second-order valence-electron chi connectivity index (χ2n) is 10.5. The number of esters is 1. The van der Waals surface area contributed by atoms with Crippen molar-refractivity contribution in [2.45, 2.75) is 44.3 Å². The summed E-state index contributed by atoms with van der Waals surface area (Å²) in [5, 5.41) is 11.8. The Kier molecular flexibility index (Phi) is 6.77. The van der Waals surface area contributed by atoms with Gasteiger partial charge in [0.25, 0.3) is 0 Å². The molecule has 0 aliphatic carbocycles. The third-order valence-corrected chi connectivity index (χ3v) is 8.20. The molecule has 2 bridgehead atoms. The molecule has 0 saturated carbocycles. The van der Waals surface area contributed by atoms with Crippen LogP contribution >= 0.6 is 0 Å². The molecule has 0 spiro atoms. The van der Waals surface area contributed by atoms with Crippen LogP contribution in [-0.2, 0) is 21.6 Å². The minimum absolute atomic E-state index is 0.150. The number of carbonyl (C=O) groups excluding carboxylic acids is 1. The van der Waals surface area contributed by atoms with Crippen LogP contribution in [0.5, 0.6) is 0 Å². The van der Waals surface area contributed by atoms with Gasteiger partial charge in [-0.3, -0.25) is 0 Å². The third-order valence-electron chi connectivity index (χ3n) is 8.20. The van der Waals surface area contributed by atoms with E-state index in [2.05, 4.69) is 31.2 Å². The Bertz CT molecular complexity index is 1080. The van der Waals surface area contributed by atoms with Gasteiger partial charge in [0.15, 0.2) is 6.10 Å². The quantitative estimate of drug-likeness (QED) is 0.372. The van der Waals surface area contributed by atoms with E-state index in [1.54, 1.807) is 24.3 Å². The summed E-state index contributed by atoms with van der Waals surface area (Å²) in [4.78, 5) is 13.7. The lowest BCUT2D eigenvalue weighted by molar-refractivity contribution is -0.946. The van der Waals surface area contributed by atoms with E-state index >= 15 is 0 Å². The first-order valence-electron chi connectivity index (χ1n) is 12.9. The molecule has 3 saturated heterocycles. The van der Waals surface area contributed by atoms with Gasteiger partial charge in [-0.05, 0) is 30.0 Å². The standard InChI is InChI=1S/C31H36NO3/c1-24-14-16-25(17-15-24)9-8-20-32-21-18-26(19-22-32)29(23-32)35-30(33)31(34,27-10-4-2-5-11-27)28-12-6-3-7-13-28/h2-7,10-17,26,29,34H,8-9,18-23H2,1H3/q+1. The van der Waals surface area contributed by atoms with Crippen LogP contribution < -0.4 is 0 Å². The van der Waals surface area contributed by atoms with Crippen molar-refractivity contribution >= 4 is 5.97 Å². The molecule has 4 heteroatoms. The van der Waals surface area contributed by atoms with E-state index in [1.807, 2.05) is 36.4 Å². The highest BCUT2D eigenvalue weighted by molar-refractivity contribution is 5.85. The van der Waals surface area contributed by atoms with Gasteiger partial charge in [-0.2, -0.15) is 0 Å². The smallest absolute Gasteiger partial charge is 0.348 e. The maximum atomic E-state index is 13.7. The fourth-order valence-electron chi connectivity index (χ4n) is 6.03. The van der Waals surface area contributed by atoms with Gasteiger partial charge in [-0.15, -0.1) is 0 Å². The van der Waals surface area contributed by atoms with Crippen molar-refractivity contribution in [2.24, 2.45) is 5.92 Å². The Hall–Kier alpha value is -2.95. The van der Waals surface area contributed by atoms with Crippen molar-refractivity contribution < 1.29 is 19.1 Å². The number of piperidine rings is 3. The maximum absolute atomic E-state index is 13.7. The number of aliphatic hydroxyl groups is 1. The number of quaternary nitrogens is 1. The van der Waals surface area contributed by atoms with Crippen LogP contribution in [0.1, 0.15) is 41.5 Å². The molecule has 3 fully saturated rings. The van der Waals surface area contributed by atoms with Crippen LogP contribution in [0.3, 0.4) is 0 Å². The first-order valence-corrected chi connectivity index (χ1v) is 12.9. The normalized spacial score (nSPS) is 23.7. The van der Waals surface area contributed by atoms with E-state index in [1.165, 1.54) is 11.1 Å². The second kappa shape index (κ2) is 9.96. The van der Waals surface area contributed by atoms with Gasteiger partial charge >= 0.3 is 5.97 Å². The molecule has 1 unspecified atom stereocenters. The van der Waals surface area contributed by atoms with Crippen LogP contribution in [-0.4, -0.2) is 47.8 Å². The lowest BCUT2D eigenvalue weighted by Gasteiger charge is -2.52. The molecule has 6 rings (SSSR count). The number of nitrogens with zero attached hydrogens (tertiary/aromatic N) is 1. The number of hydrogen-bond donors (Lipinski definition) is 1. The van der Waals surface area contributed by atoms with E-state index in [4.69, 9.17) is 4.74 Å². The van der Waals surface area contributed by atoms with Crippen molar-refractivity contribution in [3.05, 3.63) is 107 Å². The van der Waals surface area contributed by atoms with Gasteiger partial charge in [-0.1, -0.05) is 90.5 Å². The van der Waals surface area contributed by atoms with Crippen molar-refractivity contribution in [3.8, 4) is 0 Å². The molecule has 0 radical (unpaired) electrons. The minimum Gasteiger partial charge on any atom is -0.453 e. The third kappa shape index (κ3) is 4.91. The van der Waals surface area contributed by atoms with E-state index < -0.39 is 11.6 Å². The molecule has 1 N–H and O–H groups in total. The van der Waals surface area contributed by atoms with Gasteiger partial charge < -0.3 is 14.3 Å². The molecule has 3 heterocycles. The van der Waals surface area contributed by atoms with Gasteiger partial charge in [0, 0.05) is 25.2 Å². The van der Waals surface area contributed by atoms with Crippen molar-refractivity contribution in [1.82, 2.24) is 0 Å². The number of ether oxygens (including phenoxy) is 1. The summed E-state index contributed by atoms with van der Waals surface area (Å²) >= 11 is 0. The molecule has 1 atom stereocenters. The highest BCUT2D eigenvalue weighted by atomic mass is 16.6. The summed E-state index contributed by atoms with van der Waals surface area (Å²) in [6.45, 7) is 6.40. The summed E-state index contributed by atoms with van der Waals surface area (Å²) in [7, 11) is 0. The molecule has 4 nitrogen and oxygen atoms in total. The SMILES string of the molecule is Cc1ccc(CCC[N+]23CCC(CC2)C(OC(=O)C(O)(c2ccccc2)c2ccccc2)C3)cc1. The Morgan fingerprint density at radius 3 is 2.06 bits per heavy atom. The van der Waals surface area contributed by atoms with Crippen molar-refractivity contribution in [3.63, 3.8) is 0 Å². The van der Waals surface area contributed by atoms with Crippen LogP contribution in [0.25, 0.3) is 0 Å². The van der Waals surface area contributed by atoms with E-state index in [0.29, 0.717) is 17.0 Å². The number of hydrogen-bond acceptors (Lipinski definition) is 3. The zero-order chi connectivity index (χ0) is 24.3. The monoisotopic (exact) mass is 470 g/mol. The van der Waals surface area contributed by atoms with Crippen molar-refractivity contribution in [2.75, 3.05) is 26.2 Å². The van der Waals surface area contributed by atoms with E-state index in [0.717, 1.165) is 56.3 Å². The number of aryl methyl sites for hydroxylation is 2. The van der Waals surface area contributed by atoms with Gasteiger partial charge in [0.2, 0.25) is 5.60 Å². The Morgan fingerprint density at radius 1 is 0.914 bits per heavy atom. The summed E-state index contributed by atoms with van der Waals surface area (Å²) in [6, 6.07) is 27.2. The highest BCUT2D eigenvalue weighted by Gasteiger charge is 2.50. The summed E-state index contributed by atoms with van der Waals surface area (Å²) in [6.07, 6.45) is 4.22. The van der Waals surface area contributed by atoms with E-state index in [9.17, 15) is 9.90 Å². The summed E-state index contributed by atoms with van der Waals surface area (Å²) < 4.78 is 7.22. The fourth-order valence-corrected chi connectivity index (χ4v) is 6.03. The van der Waals surface area contributed by atoms with Gasteiger partial charge in [-0.25, -0.2) is 4.79 Å². The Labute approximate surface area is 208 Å². The van der Waals surface area contributed by atoms with Gasteiger partial charge in [0.05, 0.1) is 19.6 Å². The molecule has 182 valence electrons. The Morgan fingerprint density at radius 2 is 1.49 bits per heavy atom. The zero-order valence-corrected chi connectivity index (χ0v) is 20.6. The average Bonchev–Trinajstić information content (AvgIpc) is 2.91. The molecular weight excluding hydrogens is 434 g/mol. The van der Waals surface area contributed by atoms with Crippen LogP contribution in [0.4, 0.5) is 0 Å². The first kappa shape index (κ1) is 23.8. The van der Waals surface area contributed by atoms with E-state index in [-0.39, 0.29) is 6.10 Å².